The van der Waals surface area contributed by atoms with Crippen molar-refractivity contribution in [3.63, 3.8) is 0 Å². The lowest BCUT2D eigenvalue weighted by atomic mass is 10.2. The summed E-state index contributed by atoms with van der Waals surface area (Å²) in [6.07, 6.45) is 2.15. The van der Waals surface area contributed by atoms with Gasteiger partial charge in [-0.25, -0.2) is 4.98 Å². The average Bonchev–Trinajstić information content (AvgIpc) is 3.20. The Kier molecular flexibility index (Phi) is 5.13. The smallest absolute Gasteiger partial charge is 0.273 e. The maximum atomic E-state index is 13.1. The summed E-state index contributed by atoms with van der Waals surface area (Å²) < 4.78 is 10.7. The Balaban J connectivity index is 1.57. The van der Waals surface area contributed by atoms with E-state index in [9.17, 15) is 4.79 Å². The van der Waals surface area contributed by atoms with Crippen molar-refractivity contribution in [3.8, 4) is 22.1 Å². The third-order valence-corrected chi connectivity index (χ3v) is 6.26. The van der Waals surface area contributed by atoms with Gasteiger partial charge in [0.25, 0.3) is 5.91 Å². The summed E-state index contributed by atoms with van der Waals surface area (Å²) in [4.78, 5) is 20.8. The molecule has 140 valence electrons. The minimum Gasteiger partial charge on any atom is -0.493 e. The van der Waals surface area contributed by atoms with Crippen molar-refractivity contribution >= 4 is 28.6 Å². The number of methoxy groups -OCH3 is 2. The Hall–Kier alpha value is -2.38. The van der Waals surface area contributed by atoms with Gasteiger partial charge in [0.15, 0.2) is 11.5 Å². The molecule has 0 N–H and O–H groups in total. The number of rotatable bonds is 7. The summed E-state index contributed by atoms with van der Waals surface area (Å²) in [5.74, 6) is 1.33. The summed E-state index contributed by atoms with van der Waals surface area (Å²) in [6.45, 7) is 0.657. The molecule has 0 radical (unpaired) electrons. The molecule has 7 heteroatoms. The van der Waals surface area contributed by atoms with Gasteiger partial charge in [0, 0.05) is 21.9 Å². The summed E-state index contributed by atoms with van der Waals surface area (Å²) in [6, 6.07) is 10.1. The molecule has 2 heterocycles. The normalized spacial score (nSPS) is 13.4. The zero-order valence-corrected chi connectivity index (χ0v) is 16.8. The van der Waals surface area contributed by atoms with Gasteiger partial charge >= 0.3 is 0 Å². The van der Waals surface area contributed by atoms with E-state index >= 15 is 0 Å². The number of carbonyl (C=O) groups is 1. The fraction of sp³-hybridized carbons (Fsp3) is 0.300. The zero-order valence-electron chi connectivity index (χ0n) is 15.2. The average molecular weight is 401 g/mol. The van der Waals surface area contributed by atoms with Crippen LogP contribution in [0.1, 0.15) is 28.2 Å². The van der Waals surface area contributed by atoms with Crippen molar-refractivity contribution in [1.82, 2.24) is 9.88 Å². The zero-order chi connectivity index (χ0) is 18.8. The van der Waals surface area contributed by atoms with Crippen molar-refractivity contribution in [3.05, 3.63) is 51.7 Å². The summed E-state index contributed by atoms with van der Waals surface area (Å²) >= 11 is 3.15. The molecule has 0 bridgehead atoms. The van der Waals surface area contributed by atoms with Crippen molar-refractivity contribution in [2.75, 3.05) is 14.2 Å². The van der Waals surface area contributed by atoms with Crippen LogP contribution in [0.2, 0.25) is 0 Å². The van der Waals surface area contributed by atoms with E-state index in [0.29, 0.717) is 29.8 Å². The molecule has 0 atom stereocenters. The van der Waals surface area contributed by atoms with E-state index in [-0.39, 0.29) is 5.91 Å². The quantitative estimate of drug-likeness (QED) is 0.577. The first-order chi connectivity index (χ1) is 13.2. The highest BCUT2D eigenvalue weighted by molar-refractivity contribution is 7.13. The van der Waals surface area contributed by atoms with Gasteiger partial charge in [-0.05, 0) is 42.5 Å². The predicted molar refractivity (Wildman–Crippen MR) is 108 cm³/mol. The second kappa shape index (κ2) is 7.70. The predicted octanol–water partition coefficient (Wildman–Crippen LogP) is 4.69. The van der Waals surface area contributed by atoms with E-state index in [4.69, 9.17) is 9.47 Å². The Labute approximate surface area is 166 Å². The number of nitrogens with zero attached hydrogens (tertiary/aromatic N) is 2. The van der Waals surface area contributed by atoms with Crippen LogP contribution in [0.15, 0.2) is 41.1 Å². The third kappa shape index (κ3) is 3.84. The Morgan fingerprint density at radius 1 is 1.19 bits per heavy atom. The monoisotopic (exact) mass is 400 g/mol. The van der Waals surface area contributed by atoms with E-state index in [1.807, 2.05) is 39.9 Å². The topological polar surface area (TPSA) is 51.7 Å². The van der Waals surface area contributed by atoms with Gasteiger partial charge in [-0.15, -0.1) is 22.7 Å². The number of amides is 1. The van der Waals surface area contributed by atoms with E-state index in [2.05, 4.69) is 11.1 Å². The number of hydrogen-bond donors (Lipinski definition) is 0. The van der Waals surface area contributed by atoms with Crippen LogP contribution in [-0.4, -0.2) is 36.1 Å². The second-order valence-electron chi connectivity index (χ2n) is 6.35. The Morgan fingerprint density at radius 2 is 2.00 bits per heavy atom. The fourth-order valence-corrected chi connectivity index (χ4v) is 4.44. The molecular formula is C20H20N2O3S2. The Morgan fingerprint density at radius 3 is 2.67 bits per heavy atom. The lowest BCUT2D eigenvalue weighted by molar-refractivity contribution is 0.0726. The molecule has 1 aromatic carbocycles. The van der Waals surface area contributed by atoms with Crippen LogP contribution in [0, 0.1) is 0 Å². The van der Waals surface area contributed by atoms with Gasteiger partial charge in [0.2, 0.25) is 0 Å². The molecular weight excluding hydrogens is 380 g/mol. The number of hydrogen-bond acceptors (Lipinski definition) is 6. The van der Waals surface area contributed by atoms with Crippen molar-refractivity contribution in [2.24, 2.45) is 0 Å². The summed E-state index contributed by atoms with van der Waals surface area (Å²) in [5, 5.41) is 4.69. The van der Waals surface area contributed by atoms with E-state index in [1.54, 1.807) is 25.6 Å². The molecule has 5 nitrogen and oxygen atoms in total. The minimum absolute atomic E-state index is 0.00822. The number of aromatic nitrogens is 1. The molecule has 27 heavy (non-hydrogen) atoms. The van der Waals surface area contributed by atoms with E-state index in [0.717, 1.165) is 23.4 Å². The SMILES string of the molecule is COc1ccc(-c2nc(C(=O)N(Cc3cccs3)C3CC3)cs2)cc1OC. The van der Waals surface area contributed by atoms with Crippen LogP contribution in [0.4, 0.5) is 0 Å². The van der Waals surface area contributed by atoms with Gasteiger partial charge < -0.3 is 14.4 Å². The van der Waals surface area contributed by atoms with Crippen LogP contribution < -0.4 is 9.47 Å². The molecule has 1 aliphatic rings. The second-order valence-corrected chi connectivity index (χ2v) is 8.24. The number of thiophene rings is 1. The van der Waals surface area contributed by atoms with Crippen LogP contribution in [0.3, 0.4) is 0 Å². The fourth-order valence-electron chi connectivity index (χ4n) is 2.94. The lowest BCUT2D eigenvalue weighted by Gasteiger charge is -2.20. The van der Waals surface area contributed by atoms with Crippen molar-refractivity contribution < 1.29 is 14.3 Å². The number of carbonyl (C=O) groups excluding carboxylic acids is 1. The highest BCUT2D eigenvalue weighted by Gasteiger charge is 2.34. The summed E-state index contributed by atoms with van der Waals surface area (Å²) in [5.41, 5.74) is 1.42. The van der Waals surface area contributed by atoms with Crippen LogP contribution >= 0.6 is 22.7 Å². The molecule has 1 amide bonds. The maximum Gasteiger partial charge on any atom is 0.273 e. The standard InChI is InChI=1S/C20H20N2O3S2/c1-24-17-8-5-13(10-18(17)25-2)19-21-16(12-27-19)20(23)22(14-6-7-14)11-15-4-3-9-26-15/h3-5,8-10,12,14H,6-7,11H2,1-2H3. The van der Waals surface area contributed by atoms with E-state index < -0.39 is 0 Å². The first-order valence-electron chi connectivity index (χ1n) is 8.71. The van der Waals surface area contributed by atoms with Gasteiger partial charge in [-0.1, -0.05) is 6.07 Å². The van der Waals surface area contributed by atoms with Crippen molar-refractivity contribution in [1.29, 1.82) is 0 Å². The molecule has 1 aliphatic carbocycles. The van der Waals surface area contributed by atoms with Gasteiger partial charge in [-0.3, -0.25) is 4.79 Å². The third-order valence-electron chi connectivity index (χ3n) is 4.51. The molecule has 0 aliphatic heterocycles. The highest BCUT2D eigenvalue weighted by atomic mass is 32.1. The first-order valence-corrected chi connectivity index (χ1v) is 10.5. The molecule has 3 aromatic rings. The van der Waals surface area contributed by atoms with E-state index in [1.165, 1.54) is 16.2 Å². The highest BCUT2D eigenvalue weighted by Crippen LogP contribution is 2.35. The first kappa shape index (κ1) is 18.0. The summed E-state index contributed by atoms with van der Waals surface area (Å²) in [7, 11) is 3.22. The van der Waals surface area contributed by atoms with Crippen LogP contribution in [0.25, 0.3) is 10.6 Å². The maximum absolute atomic E-state index is 13.1. The largest absolute Gasteiger partial charge is 0.493 e. The van der Waals surface area contributed by atoms with Crippen LogP contribution in [-0.2, 0) is 6.54 Å². The molecule has 0 unspecified atom stereocenters. The number of ether oxygens (including phenoxy) is 2. The van der Waals surface area contributed by atoms with Gasteiger partial charge in [-0.2, -0.15) is 0 Å². The molecule has 1 fully saturated rings. The lowest BCUT2D eigenvalue weighted by Crippen LogP contribution is -2.32. The minimum atomic E-state index is 0.00822. The molecule has 0 saturated heterocycles. The van der Waals surface area contributed by atoms with Crippen LogP contribution in [0.5, 0.6) is 11.5 Å². The Bertz CT molecular complexity index is 933. The molecule has 2 aromatic heterocycles. The molecule has 1 saturated carbocycles. The number of thiazole rings is 1. The number of benzene rings is 1. The molecule has 0 spiro atoms. The van der Waals surface area contributed by atoms with Gasteiger partial charge in [0.1, 0.15) is 10.7 Å². The van der Waals surface area contributed by atoms with Crippen molar-refractivity contribution in [2.45, 2.75) is 25.4 Å². The molecule has 4 rings (SSSR count). The van der Waals surface area contributed by atoms with Gasteiger partial charge in [0.05, 0.1) is 20.8 Å².